The standard InChI is InChI=1S/C20H28O5/c1-19-8-12(18(24)25)14(21)7-10(19)3-4-11-13-5-6-16(23)20(13,2)9-15(22)17(11)19/h7,11-13,15-17,22-23H,3-6,8-9H2,1-2H3,(H,24,25)/t11-,12?,13-,15?,16?,17-,19-,20-/m0/s1. The van der Waals surface area contributed by atoms with E-state index in [9.17, 15) is 24.9 Å². The van der Waals surface area contributed by atoms with Crippen LogP contribution in [0.4, 0.5) is 0 Å². The molecule has 4 rings (SSSR count). The Balaban J connectivity index is 1.74. The average Bonchev–Trinajstić information content (AvgIpc) is 2.82. The first kappa shape index (κ1) is 17.2. The Morgan fingerprint density at radius 3 is 2.56 bits per heavy atom. The molecule has 5 nitrogen and oxygen atoms in total. The first-order valence-electron chi connectivity index (χ1n) is 9.52. The van der Waals surface area contributed by atoms with E-state index in [2.05, 4.69) is 13.8 Å². The van der Waals surface area contributed by atoms with Crippen molar-refractivity contribution in [3.05, 3.63) is 11.6 Å². The van der Waals surface area contributed by atoms with Crippen LogP contribution in [0.2, 0.25) is 0 Å². The van der Waals surface area contributed by atoms with Crippen LogP contribution in [0.25, 0.3) is 0 Å². The number of carboxylic acids is 1. The van der Waals surface area contributed by atoms with Crippen molar-refractivity contribution in [3.63, 3.8) is 0 Å². The van der Waals surface area contributed by atoms with Gasteiger partial charge in [0.25, 0.3) is 0 Å². The summed E-state index contributed by atoms with van der Waals surface area (Å²) < 4.78 is 0. The summed E-state index contributed by atoms with van der Waals surface area (Å²) in [6.45, 7) is 4.15. The molecule has 0 spiro atoms. The Bertz CT molecular complexity index is 654. The second-order valence-corrected chi connectivity index (χ2v) is 9.29. The molecular formula is C20H28O5. The van der Waals surface area contributed by atoms with E-state index in [1.807, 2.05) is 0 Å². The van der Waals surface area contributed by atoms with Crippen molar-refractivity contribution in [2.75, 3.05) is 0 Å². The van der Waals surface area contributed by atoms with E-state index in [0.29, 0.717) is 12.3 Å². The summed E-state index contributed by atoms with van der Waals surface area (Å²) in [6.07, 6.45) is 4.96. The number of fused-ring (bicyclic) bond motifs is 5. The third-order valence-electron chi connectivity index (χ3n) is 8.20. The van der Waals surface area contributed by atoms with Gasteiger partial charge in [-0.05, 0) is 73.2 Å². The number of aliphatic carboxylic acids is 1. The zero-order chi connectivity index (χ0) is 18.1. The number of hydrogen-bond acceptors (Lipinski definition) is 4. The van der Waals surface area contributed by atoms with Crippen LogP contribution in [0.3, 0.4) is 0 Å². The van der Waals surface area contributed by atoms with E-state index in [4.69, 9.17) is 0 Å². The third-order valence-corrected chi connectivity index (χ3v) is 8.20. The molecule has 0 aliphatic heterocycles. The van der Waals surface area contributed by atoms with Crippen LogP contribution in [0.15, 0.2) is 11.6 Å². The highest BCUT2D eigenvalue weighted by molar-refractivity contribution is 6.05. The van der Waals surface area contributed by atoms with Gasteiger partial charge in [0.05, 0.1) is 12.2 Å². The van der Waals surface area contributed by atoms with Crippen molar-refractivity contribution in [1.82, 2.24) is 0 Å². The van der Waals surface area contributed by atoms with E-state index in [-0.39, 0.29) is 35.6 Å². The minimum absolute atomic E-state index is 0.0224. The van der Waals surface area contributed by atoms with Crippen LogP contribution >= 0.6 is 0 Å². The number of carbonyl (C=O) groups is 2. The Hall–Kier alpha value is -1.20. The minimum atomic E-state index is -1.06. The fourth-order valence-corrected chi connectivity index (χ4v) is 6.96. The van der Waals surface area contributed by atoms with Gasteiger partial charge in [0.15, 0.2) is 5.78 Å². The Morgan fingerprint density at radius 1 is 1.16 bits per heavy atom. The lowest BCUT2D eigenvalue weighted by Gasteiger charge is -2.59. The molecule has 3 N–H and O–H groups in total. The van der Waals surface area contributed by atoms with Crippen molar-refractivity contribution < 1.29 is 24.9 Å². The number of ketones is 1. The maximum absolute atomic E-state index is 12.2. The van der Waals surface area contributed by atoms with Gasteiger partial charge in [-0.3, -0.25) is 9.59 Å². The van der Waals surface area contributed by atoms with Crippen LogP contribution in [0.1, 0.15) is 52.4 Å². The summed E-state index contributed by atoms with van der Waals surface area (Å²) in [6, 6.07) is 0. The second-order valence-electron chi connectivity index (χ2n) is 9.29. The Labute approximate surface area is 148 Å². The number of carboxylic acid groups (broad SMARTS) is 1. The highest BCUT2D eigenvalue weighted by Crippen LogP contribution is 2.65. The van der Waals surface area contributed by atoms with Gasteiger partial charge in [0, 0.05) is 0 Å². The van der Waals surface area contributed by atoms with Gasteiger partial charge >= 0.3 is 5.97 Å². The van der Waals surface area contributed by atoms with E-state index in [0.717, 1.165) is 31.3 Å². The van der Waals surface area contributed by atoms with Crippen LogP contribution in [-0.2, 0) is 9.59 Å². The summed E-state index contributed by atoms with van der Waals surface area (Å²) in [7, 11) is 0. The molecule has 0 aromatic rings. The predicted molar refractivity (Wildman–Crippen MR) is 90.6 cm³/mol. The lowest BCUT2D eigenvalue weighted by Crippen LogP contribution is -2.58. The lowest BCUT2D eigenvalue weighted by atomic mass is 9.46. The van der Waals surface area contributed by atoms with Crippen molar-refractivity contribution in [2.45, 2.75) is 64.6 Å². The number of aliphatic hydroxyl groups excluding tert-OH is 2. The van der Waals surface area contributed by atoms with Crippen LogP contribution in [-0.4, -0.2) is 39.3 Å². The fourth-order valence-electron chi connectivity index (χ4n) is 6.96. The van der Waals surface area contributed by atoms with Gasteiger partial charge in [-0.2, -0.15) is 0 Å². The van der Waals surface area contributed by atoms with Gasteiger partial charge in [-0.15, -0.1) is 0 Å². The van der Waals surface area contributed by atoms with Gasteiger partial charge in [0.1, 0.15) is 5.92 Å². The maximum atomic E-state index is 12.2. The SMILES string of the molecule is C[C@]12CC(C(=O)O)C(=O)C=C1CC[C@@H]1[C@H]2C(O)C[C@]2(C)C(O)CC[C@@H]12. The predicted octanol–water partition coefficient (Wildman–Crippen LogP) is 2.16. The van der Waals surface area contributed by atoms with Crippen LogP contribution < -0.4 is 0 Å². The minimum Gasteiger partial charge on any atom is -0.481 e. The first-order valence-corrected chi connectivity index (χ1v) is 9.52. The molecule has 8 atom stereocenters. The quantitative estimate of drug-likeness (QED) is 0.631. The average molecular weight is 348 g/mol. The van der Waals surface area contributed by atoms with E-state index >= 15 is 0 Å². The molecule has 3 fully saturated rings. The molecule has 4 aliphatic rings. The second kappa shape index (κ2) is 5.40. The lowest BCUT2D eigenvalue weighted by molar-refractivity contribution is -0.157. The molecule has 0 saturated heterocycles. The van der Waals surface area contributed by atoms with Crippen molar-refractivity contribution in [1.29, 1.82) is 0 Å². The fraction of sp³-hybridized carbons (Fsp3) is 0.800. The van der Waals surface area contributed by atoms with Gasteiger partial charge < -0.3 is 15.3 Å². The molecule has 0 amide bonds. The smallest absolute Gasteiger partial charge is 0.314 e. The van der Waals surface area contributed by atoms with Crippen molar-refractivity contribution >= 4 is 11.8 Å². The van der Waals surface area contributed by atoms with Crippen molar-refractivity contribution in [2.24, 2.45) is 34.5 Å². The summed E-state index contributed by atoms with van der Waals surface area (Å²) in [5, 5.41) is 31.0. The largest absolute Gasteiger partial charge is 0.481 e. The molecule has 0 heterocycles. The molecular weight excluding hydrogens is 320 g/mol. The molecule has 0 radical (unpaired) electrons. The summed E-state index contributed by atoms with van der Waals surface area (Å²) in [5.74, 6) is -1.72. The third kappa shape index (κ3) is 2.21. The van der Waals surface area contributed by atoms with Crippen molar-refractivity contribution in [3.8, 4) is 0 Å². The van der Waals surface area contributed by atoms with Crippen LogP contribution in [0, 0.1) is 34.5 Å². The number of carbonyl (C=O) groups excluding carboxylic acids is 1. The topological polar surface area (TPSA) is 94.8 Å². The normalized spacial score (nSPS) is 52.0. The molecule has 4 aliphatic carbocycles. The highest BCUT2D eigenvalue weighted by Gasteiger charge is 2.62. The van der Waals surface area contributed by atoms with Crippen LogP contribution in [0.5, 0.6) is 0 Å². The van der Waals surface area contributed by atoms with Gasteiger partial charge in [0.2, 0.25) is 0 Å². The number of allylic oxidation sites excluding steroid dienone is 1. The molecule has 5 heteroatoms. The number of rotatable bonds is 1. The molecule has 0 aromatic carbocycles. The Morgan fingerprint density at radius 2 is 1.88 bits per heavy atom. The summed E-state index contributed by atoms with van der Waals surface area (Å²) >= 11 is 0. The molecule has 0 bridgehead atoms. The Kier molecular flexibility index (Phi) is 3.72. The molecule has 3 unspecified atom stereocenters. The van der Waals surface area contributed by atoms with E-state index in [1.54, 1.807) is 6.08 Å². The van der Waals surface area contributed by atoms with Gasteiger partial charge in [-0.1, -0.05) is 19.4 Å². The zero-order valence-electron chi connectivity index (χ0n) is 14.9. The highest BCUT2D eigenvalue weighted by atomic mass is 16.4. The zero-order valence-corrected chi connectivity index (χ0v) is 14.9. The number of hydrogen-bond donors (Lipinski definition) is 3. The molecule has 0 aromatic heterocycles. The van der Waals surface area contributed by atoms with Gasteiger partial charge in [-0.25, -0.2) is 0 Å². The first-order chi connectivity index (χ1) is 11.7. The summed E-state index contributed by atoms with van der Waals surface area (Å²) in [4.78, 5) is 23.8. The number of aliphatic hydroxyl groups is 2. The summed E-state index contributed by atoms with van der Waals surface area (Å²) in [5.41, 5.74) is 0.348. The van der Waals surface area contributed by atoms with E-state index in [1.165, 1.54) is 0 Å². The monoisotopic (exact) mass is 348 g/mol. The maximum Gasteiger partial charge on any atom is 0.314 e. The molecule has 3 saturated carbocycles. The van der Waals surface area contributed by atoms with E-state index < -0.39 is 23.4 Å². The molecule has 138 valence electrons. The molecule has 25 heavy (non-hydrogen) atoms.